The van der Waals surface area contributed by atoms with Gasteiger partial charge in [0.05, 0.1) is 12.2 Å². The van der Waals surface area contributed by atoms with Crippen LogP contribution in [-0.2, 0) is 16.6 Å². The second kappa shape index (κ2) is 9.81. The van der Waals surface area contributed by atoms with Crippen molar-refractivity contribution in [2.75, 3.05) is 45.7 Å². The van der Waals surface area contributed by atoms with Crippen LogP contribution in [0.3, 0.4) is 0 Å². The molecule has 0 atom stereocenters. The normalized spacial score (nSPS) is 14.5. The molecule has 2 aromatic heterocycles. The molecule has 0 radical (unpaired) electrons. The summed E-state index contributed by atoms with van der Waals surface area (Å²) in [5.41, 5.74) is 2.78. The van der Waals surface area contributed by atoms with Crippen LogP contribution in [0, 0.1) is 0 Å². The molecule has 0 saturated carbocycles. The fourth-order valence-electron chi connectivity index (χ4n) is 3.94. The maximum Gasteiger partial charge on any atom is 0.239 e. The number of pyridine rings is 1. The van der Waals surface area contributed by atoms with E-state index in [1.165, 1.54) is 0 Å². The maximum absolute atomic E-state index is 12.4. The maximum atomic E-state index is 12.4. The van der Waals surface area contributed by atoms with E-state index in [1.807, 2.05) is 52.0 Å². The smallest absolute Gasteiger partial charge is 0.239 e. The summed E-state index contributed by atoms with van der Waals surface area (Å²) < 4.78 is 5.87. The van der Waals surface area contributed by atoms with Crippen molar-refractivity contribution < 1.29 is 9.53 Å². The second-order valence-electron chi connectivity index (χ2n) is 9.68. The zero-order valence-electron chi connectivity index (χ0n) is 20.4. The molecule has 0 saturated heterocycles. The number of anilines is 1. The Balaban J connectivity index is 1.94. The molecule has 32 heavy (non-hydrogen) atoms. The van der Waals surface area contributed by atoms with E-state index in [9.17, 15) is 4.79 Å². The van der Waals surface area contributed by atoms with Crippen molar-refractivity contribution in [1.29, 1.82) is 0 Å². The minimum absolute atomic E-state index is 0.0263. The van der Waals surface area contributed by atoms with Crippen LogP contribution < -0.4 is 15.0 Å². The van der Waals surface area contributed by atoms with Crippen molar-refractivity contribution >= 4 is 11.7 Å². The van der Waals surface area contributed by atoms with Gasteiger partial charge in [-0.15, -0.1) is 0 Å². The highest BCUT2D eigenvalue weighted by atomic mass is 16.5. The molecule has 3 rings (SSSR count). The van der Waals surface area contributed by atoms with E-state index in [-0.39, 0.29) is 23.9 Å². The second-order valence-corrected chi connectivity index (χ2v) is 9.68. The number of nitrogens with one attached hydrogen (secondary N) is 1. The zero-order valence-corrected chi connectivity index (χ0v) is 20.4. The first-order chi connectivity index (χ1) is 15.1. The molecule has 0 bridgehead atoms. The van der Waals surface area contributed by atoms with E-state index in [2.05, 4.69) is 29.0 Å². The number of amides is 1. The van der Waals surface area contributed by atoms with Gasteiger partial charge in [0.15, 0.2) is 5.82 Å². The molecule has 2 heterocycles. The number of aryl methyl sites for hydroxylation is 1. The standard InChI is InChI=1S/C24H36N6O2/c1-16(2)26-20(31)15-30(7)23-21-18(8-10-24(21,3)4)27-22(28-23)19-14-17(9-11-25-19)32-13-12-29(5)6/h9,11,14,16H,8,10,12-13,15H2,1-7H3,(H,26,31). The molecule has 8 nitrogen and oxygen atoms in total. The number of carbonyl (C=O) groups excluding carboxylic acids is 1. The number of aromatic nitrogens is 3. The van der Waals surface area contributed by atoms with Gasteiger partial charge in [-0.25, -0.2) is 9.97 Å². The number of fused-ring (bicyclic) bond motifs is 1. The van der Waals surface area contributed by atoms with Crippen LogP contribution in [-0.4, -0.2) is 72.6 Å². The van der Waals surface area contributed by atoms with Crippen molar-refractivity contribution in [3.8, 4) is 17.3 Å². The molecular formula is C24H36N6O2. The van der Waals surface area contributed by atoms with Crippen LogP contribution in [0.1, 0.15) is 45.4 Å². The van der Waals surface area contributed by atoms with E-state index in [0.29, 0.717) is 18.1 Å². The molecule has 0 unspecified atom stereocenters. The van der Waals surface area contributed by atoms with Crippen LogP contribution in [0.2, 0.25) is 0 Å². The highest BCUT2D eigenvalue weighted by Gasteiger charge is 2.36. The first-order valence-electron chi connectivity index (χ1n) is 11.2. The van der Waals surface area contributed by atoms with Crippen molar-refractivity contribution in [2.24, 2.45) is 0 Å². The summed E-state index contributed by atoms with van der Waals surface area (Å²) in [6, 6.07) is 3.82. The fraction of sp³-hybridized carbons (Fsp3) is 0.583. The summed E-state index contributed by atoms with van der Waals surface area (Å²) >= 11 is 0. The quantitative estimate of drug-likeness (QED) is 0.642. The molecule has 1 aliphatic rings. The summed E-state index contributed by atoms with van der Waals surface area (Å²) in [5.74, 6) is 2.08. The summed E-state index contributed by atoms with van der Waals surface area (Å²) in [6.45, 7) is 10.00. The van der Waals surface area contributed by atoms with E-state index < -0.39 is 0 Å². The van der Waals surface area contributed by atoms with Crippen LogP contribution in [0.15, 0.2) is 18.3 Å². The Morgan fingerprint density at radius 1 is 1.25 bits per heavy atom. The van der Waals surface area contributed by atoms with Gasteiger partial charge >= 0.3 is 0 Å². The average molecular weight is 441 g/mol. The molecule has 1 N–H and O–H groups in total. The van der Waals surface area contributed by atoms with Gasteiger partial charge in [-0.1, -0.05) is 13.8 Å². The Morgan fingerprint density at radius 3 is 2.69 bits per heavy atom. The Bertz CT molecular complexity index is 958. The number of nitrogens with zero attached hydrogens (tertiary/aromatic N) is 5. The molecule has 1 aliphatic carbocycles. The van der Waals surface area contributed by atoms with Crippen LogP contribution in [0.4, 0.5) is 5.82 Å². The Morgan fingerprint density at radius 2 is 2.00 bits per heavy atom. The minimum Gasteiger partial charge on any atom is -0.492 e. The van der Waals surface area contributed by atoms with Crippen molar-refractivity contribution in [3.05, 3.63) is 29.6 Å². The molecule has 1 amide bonds. The lowest BCUT2D eigenvalue weighted by Crippen LogP contribution is -2.39. The largest absolute Gasteiger partial charge is 0.492 e. The molecule has 174 valence electrons. The predicted molar refractivity (Wildman–Crippen MR) is 127 cm³/mol. The highest BCUT2D eigenvalue weighted by Crippen LogP contribution is 2.43. The Labute approximate surface area is 191 Å². The molecule has 0 aliphatic heterocycles. The Kier molecular flexibility index (Phi) is 7.33. The molecule has 0 aromatic carbocycles. The molecule has 0 fully saturated rings. The lowest BCUT2D eigenvalue weighted by atomic mass is 9.87. The number of ether oxygens (including phenoxy) is 1. The number of rotatable bonds is 9. The van der Waals surface area contributed by atoms with Crippen LogP contribution >= 0.6 is 0 Å². The van der Waals surface area contributed by atoms with E-state index in [0.717, 1.165) is 42.2 Å². The zero-order chi connectivity index (χ0) is 23.5. The van der Waals surface area contributed by atoms with Crippen LogP contribution in [0.5, 0.6) is 5.75 Å². The SMILES string of the molecule is CC(C)NC(=O)CN(C)c1nc(-c2cc(OCCN(C)C)ccn2)nc2c1C(C)(C)CC2. The minimum atomic E-state index is -0.0451. The number of likely N-dealkylation sites (N-methyl/N-ethyl adjacent to an activating group) is 2. The summed E-state index contributed by atoms with van der Waals surface area (Å²) in [5, 5.41) is 2.96. The van der Waals surface area contributed by atoms with Gasteiger partial charge in [-0.05, 0) is 52.3 Å². The third kappa shape index (κ3) is 5.73. The summed E-state index contributed by atoms with van der Waals surface area (Å²) in [7, 11) is 5.94. The van der Waals surface area contributed by atoms with Gasteiger partial charge in [0, 0.05) is 37.5 Å². The number of hydrogen-bond acceptors (Lipinski definition) is 7. The summed E-state index contributed by atoms with van der Waals surface area (Å²) in [4.78, 5) is 30.7. The van der Waals surface area contributed by atoms with Gasteiger partial charge in [0.1, 0.15) is 23.9 Å². The Hall–Kier alpha value is -2.74. The number of hydrogen-bond donors (Lipinski definition) is 1. The highest BCUT2D eigenvalue weighted by molar-refractivity contribution is 5.81. The topological polar surface area (TPSA) is 83.5 Å². The molecule has 8 heteroatoms. The summed E-state index contributed by atoms with van der Waals surface area (Å²) in [6.07, 6.45) is 3.61. The first-order valence-corrected chi connectivity index (χ1v) is 11.2. The third-order valence-corrected chi connectivity index (χ3v) is 5.59. The van der Waals surface area contributed by atoms with E-state index in [1.54, 1.807) is 6.20 Å². The lowest BCUT2D eigenvalue weighted by molar-refractivity contribution is -0.120. The van der Waals surface area contributed by atoms with Crippen molar-refractivity contribution in [1.82, 2.24) is 25.2 Å². The molecular weight excluding hydrogens is 404 g/mol. The van der Waals surface area contributed by atoms with Gasteiger partial charge in [-0.3, -0.25) is 9.78 Å². The van der Waals surface area contributed by atoms with Gasteiger partial charge in [0.25, 0.3) is 0 Å². The average Bonchev–Trinajstić information content (AvgIpc) is 3.01. The van der Waals surface area contributed by atoms with Crippen LogP contribution in [0.25, 0.3) is 11.5 Å². The van der Waals surface area contributed by atoms with E-state index in [4.69, 9.17) is 14.7 Å². The lowest BCUT2D eigenvalue weighted by Gasteiger charge is -2.27. The molecule has 0 spiro atoms. The molecule has 2 aromatic rings. The van der Waals surface area contributed by atoms with Gasteiger partial charge in [0.2, 0.25) is 5.91 Å². The van der Waals surface area contributed by atoms with Gasteiger partial charge in [-0.2, -0.15) is 0 Å². The monoisotopic (exact) mass is 440 g/mol. The fourth-order valence-corrected chi connectivity index (χ4v) is 3.94. The third-order valence-electron chi connectivity index (χ3n) is 5.59. The predicted octanol–water partition coefficient (Wildman–Crippen LogP) is 2.66. The van der Waals surface area contributed by atoms with Crippen molar-refractivity contribution in [2.45, 2.75) is 52.0 Å². The van der Waals surface area contributed by atoms with E-state index >= 15 is 0 Å². The van der Waals surface area contributed by atoms with Crippen molar-refractivity contribution in [3.63, 3.8) is 0 Å². The number of carbonyl (C=O) groups is 1. The first kappa shape index (κ1) is 23.9. The van der Waals surface area contributed by atoms with Gasteiger partial charge < -0.3 is 19.9 Å².